The maximum absolute atomic E-state index is 4.25. The van der Waals surface area contributed by atoms with Crippen LogP contribution < -0.4 is 5.32 Å². The van der Waals surface area contributed by atoms with Gasteiger partial charge in [0, 0.05) is 18.9 Å². The second-order valence-electron chi connectivity index (χ2n) is 2.61. The lowest BCUT2D eigenvalue weighted by Gasteiger charge is -2.03. The molecule has 0 spiro atoms. The van der Waals surface area contributed by atoms with E-state index in [9.17, 15) is 0 Å². The van der Waals surface area contributed by atoms with Gasteiger partial charge in [0.15, 0.2) is 0 Å². The highest BCUT2D eigenvalue weighted by Crippen LogP contribution is 2.22. The highest BCUT2D eigenvalue weighted by molar-refractivity contribution is 5.03. The highest BCUT2D eigenvalue weighted by atomic mass is 15.1. The van der Waals surface area contributed by atoms with Gasteiger partial charge in [-0.1, -0.05) is 0 Å². The van der Waals surface area contributed by atoms with E-state index >= 15 is 0 Å². The van der Waals surface area contributed by atoms with Crippen LogP contribution in [0.2, 0.25) is 0 Å². The SMILES string of the molecule is CNC1CCn2ccnc21. The molecule has 1 aromatic rings. The third kappa shape index (κ3) is 0.671. The fourth-order valence-corrected chi connectivity index (χ4v) is 1.49. The van der Waals surface area contributed by atoms with E-state index in [2.05, 4.69) is 14.9 Å². The van der Waals surface area contributed by atoms with E-state index in [-0.39, 0.29) is 0 Å². The lowest BCUT2D eigenvalue weighted by molar-refractivity contribution is 0.576. The van der Waals surface area contributed by atoms with E-state index in [1.165, 1.54) is 12.2 Å². The molecule has 10 heavy (non-hydrogen) atoms. The summed E-state index contributed by atoms with van der Waals surface area (Å²) in [6, 6.07) is 0.481. The van der Waals surface area contributed by atoms with Crippen molar-refractivity contribution < 1.29 is 0 Å². The van der Waals surface area contributed by atoms with Gasteiger partial charge in [0.2, 0.25) is 0 Å². The first kappa shape index (κ1) is 5.92. The topological polar surface area (TPSA) is 29.9 Å². The summed E-state index contributed by atoms with van der Waals surface area (Å²) in [5, 5.41) is 3.22. The summed E-state index contributed by atoms with van der Waals surface area (Å²) in [5.74, 6) is 1.18. The average molecular weight is 137 g/mol. The van der Waals surface area contributed by atoms with Crippen LogP contribution in [0.25, 0.3) is 0 Å². The first-order valence-corrected chi connectivity index (χ1v) is 3.60. The minimum Gasteiger partial charge on any atom is -0.334 e. The van der Waals surface area contributed by atoms with E-state index in [0.29, 0.717) is 6.04 Å². The van der Waals surface area contributed by atoms with Crippen LogP contribution in [0.4, 0.5) is 0 Å². The lowest BCUT2D eigenvalue weighted by atomic mass is 10.2. The molecule has 54 valence electrons. The summed E-state index contributed by atoms with van der Waals surface area (Å²) < 4.78 is 2.20. The van der Waals surface area contributed by atoms with Gasteiger partial charge in [-0.15, -0.1) is 0 Å². The van der Waals surface area contributed by atoms with Crippen molar-refractivity contribution in [1.82, 2.24) is 14.9 Å². The minimum atomic E-state index is 0.481. The van der Waals surface area contributed by atoms with Crippen molar-refractivity contribution in [3.8, 4) is 0 Å². The van der Waals surface area contributed by atoms with E-state index < -0.39 is 0 Å². The zero-order valence-electron chi connectivity index (χ0n) is 6.04. The Morgan fingerprint density at radius 1 is 1.80 bits per heavy atom. The molecular formula is C7H11N3. The molecule has 1 aromatic heterocycles. The van der Waals surface area contributed by atoms with Crippen molar-refractivity contribution in [2.45, 2.75) is 19.0 Å². The highest BCUT2D eigenvalue weighted by Gasteiger charge is 2.20. The molecule has 0 bridgehead atoms. The van der Waals surface area contributed by atoms with Gasteiger partial charge in [0.05, 0.1) is 6.04 Å². The quantitative estimate of drug-likeness (QED) is 0.612. The molecule has 2 heterocycles. The third-order valence-corrected chi connectivity index (χ3v) is 2.07. The molecule has 0 aliphatic carbocycles. The van der Waals surface area contributed by atoms with Crippen LogP contribution in [0.15, 0.2) is 12.4 Å². The molecule has 0 amide bonds. The summed E-state index contributed by atoms with van der Waals surface area (Å²) in [6.45, 7) is 1.11. The molecule has 0 saturated carbocycles. The van der Waals surface area contributed by atoms with Gasteiger partial charge in [-0.2, -0.15) is 0 Å². The van der Waals surface area contributed by atoms with Gasteiger partial charge in [-0.3, -0.25) is 0 Å². The van der Waals surface area contributed by atoms with E-state index in [1.807, 2.05) is 19.4 Å². The molecule has 0 aromatic carbocycles. The zero-order chi connectivity index (χ0) is 6.97. The van der Waals surface area contributed by atoms with Crippen LogP contribution in [0.3, 0.4) is 0 Å². The molecule has 0 fully saturated rings. The number of nitrogens with one attached hydrogen (secondary N) is 1. The van der Waals surface area contributed by atoms with E-state index in [1.54, 1.807) is 0 Å². The van der Waals surface area contributed by atoms with Crippen molar-refractivity contribution >= 4 is 0 Å². The Balaban J connectivity index is 2.34. The summed E-state index contributed by atoms with van der Waals surface area (Å²) in [4.78, 5) is 4.25. The van der Waals surface area contributed by atoms with Crippen LogP contribution in [-0.2, 0) is 6.54 Å². The van der Waals surface area contributed by atoms with Gasteiger partial charge in [0.25, 0.3) is 0 Å². The fourth-order valence-electron chi connectivity index (χ4n) is 1.49. The van der Waals surface area contributed by atoms with Gasteiger partial charge in [0.1, 0.15) is 5.82 Å². The molecule has 0 saturated heterocycles. The minimum absolute atomic E-state index is 0.481. The molecular weight excluding hydrogens is 126 g/mol. The molecule has 1 aliphatic heterocycles. The molecule has 1 unspecified atom stereocenters. The molecule has 2 rings (SSSR count). The Morgan fingerprint density at radius 2 is 2.70 bits per heavy atom. The maximum atomic E-state index is 4.25. The van der Waals surface area contributed by atoms with Crippen LogP contribution in [0.1, 0.15) is 18.3 Å². The molecule has 0 radical (unpaired) electrons. The van der Waals surface area contributed by atoms with Crippen molar-refractivity contribution in [3.05, 3.63) is 18.2 Å². The largest absolute Gasteiger partial charge is 0.334 e. The first-order chi connectivity index (χ1) is 4.92. The fraction of sp³-hybridized carbons (Fsp3) is 0.571. The van der Waals surface area contributed by atoms with Gasteiger partial charge in [-0.25, -0.2) is 4.98 Å². The normalized spacial score (nSPS) is 23.1. The molecule has 1 N–H and O–H groups in total. The third-order valence-electron chi connectivity index (χ3n) is 2.07. The molecule has 1 atom stereocenters. The summed E-state index contributed by atoms with van der Waals surface area (Å²) >= 11 is 0. The van der Waals surface area contributed by atoms with Crippen LogP contribution in [-0.4, -0.2) is 16.6 Å². The Bertz CT molecular complexity index is 229. The zero-order valence-corrected chi connectivity index (χ0v) is 6.04. The van der Waals surface area contributed by atoms with Gasteiger partial charge >= 0.3 is 0 Å². The second kappa shape index (κ2) is 2.09. The smallest absolute Gasteiger partial charge is 0.125 e. The number of fused-ring (bicyclic) bond motifs is 1. The number of rotatable bonds is 1. The summed E-state index contributed by atoms with van der Waals surface area (Å²) in [6.07, 6.45) is 5.07. The predicted molar refractivity (Wildman–Crippen MR) is 38.6 cm³/mol. The van der Waals surface area contributed by atoms with Gasteiger partial charge in [-0.05, 0) is 13.5 Å². The Labute approximate surface area is 60.1 Å². The summed E-state index contributed by atoms with van der Waals surface area (Å²) in [5.41, 5.74) is 0. The number of imidazole rings is 1. The first-order valence-electron chi connectivity index (χ1n) is 3.60. The maximum Gasteiger partial charge on any atom is 0.125 e. The standard InChI is InChI=1S/C7H11N3/c1-8-6-2-4-10-5-3-9-7(6)10/h3,5-6,8H,2,4H2,1H3. The van der Waals surface area contributed by atoms with Crippen molar-refractivity contribution in [3.63, 3.8) is 0 Å². The van der Waals surface area contributed by atoms with Crippen molar-refractivity contribution in [2.75, 3.05) is 7.05 Å². The monoisotopic (exact) mass is 137 g/mol. The Morgan fingerprint density at radius 3 is 3.50 bits per heavy atom. The average Bonchev–Trinajstić information content (AvgIpc) is 2.44. The number of hydrogen-bond donors (Lipinski definition) is 1. The number of aryl methyl sites for hydroxylation is 1. The predicted octanol–water partition coefficient (Wildman–Crippen LogP) is 0.547. The second-order valence-corrected chi connectivity index (χ2v) is 2.61. The Kier molecular flexibility index (Phi) is 1.24. The summed E-state index contributed by atoms with van der Waals surface area (Å²) in [7, 11) is 1.98. The lowest BCUT2D eigenvalue weighted by Crippen LogP contribution is -2.13. The van der Waals surface area contributed by atoms with Gasteiger partial charge < -0.3 is 9.88 Å². The molecule has 3 nitrogen and oxygen atoms in total. The van der Waals surface area contributed by atoms with E-state index in [0.717, 1.165) is 6.54 Å². The van der Waals surface area contributed by atoms with Crippen molar-refractivity contribution in [2.24, 2.45) is 0 Å². The number of hydrogen-bond acceptors (Lipinski definition) is 2. The van der Waals surface area contributed by atoms with E-state index in [4.69, 9.17) is 0 Å². The van der Waals surface area contributed by atoms with Crippen LogP contribution >= 0.6 is 0 Å². The molecule has 1 aliphatic rings. The number of aromatic nitrogens is 2. The molecule has 3 heteroatoms. The number of nitrogens with zero attached hydrogens (tertiary/aromatic N) is 2. The van der Waals surface area contributed by atoms with Crippen LogP contribution in [0.5, 0.6) is 0 Å². The Hall–Kier alpha value is -0.830. The van der Waals surface area contributed by atoms with Crippen molar-refractivity contribution in [1.29, 1.82) is 0 Å². The van der Waals surface area contributed by atoms with Crippen LogP contribution in [0, 0.1) is 0 Å².